The predicted molar refractivity (Wildman–Crippen MR) is 124 cm³/mol. The van der Waals surface area contributed by atoms with Gasteiger partial charge in [0.05, 0.1) is 6.10 Å². The summed E-state index contributed by atoms with van der Waals surface area (Å²) in [6, 6.07) is 0. The number of fused-ring (bicyclic) bond motifs is 2. The van der Waals surface area contributed by atoms with Crippen molar-refractivity contribution in [3.8, 4) is 0 Å². The van der Waals surface area contributed by atoms with Crippen LogP contribution in [0.4, 0.5) is 0 Å². The molecule has 174 valence electrons. The Hall–Kier alpha value is -0.640. The van der Waals surface area contributed by atoms with Gasteiger partial charge >= 0.3 is 0 Å². The Morgan fingerprint density at radius 1 is 0.903 bits per heavy atom. The fourth-order valence-corrected chi connectivity index (χ4v) is 8.71. The number of allylic oxidation sites excluding steroid dienone is 2. The fraction of sp³-hybridized carbons (Fsp3) is 0.857. The van der Waals surface area contributed by atoms with Crippen LogP contribution >= 0.6 is 0 Å². The second kappa shape index (κ2) is 7.18. The summed E-state index contributed by atoms with van der Waals surface area (Å²) >= 11 is 0. The van der Waals surface area contributed by atoms with Crippen molar-refractivity contribution in [2.24, 2.45) is 46.3 Å². The molecule has 3 heteroatoms. The molecule has 0 aromatic rings. The van der Waals surface area contributed by atoms with Gasteiger partial charge in [-0.1, -0.05) is 59.8 Å². The molecule has 0 aromatic heterocycles. The molecule has 2 aliphatic heterocycles. The lowest BCUT2D eigenvalue weighted by molar-refractivity contribution is -0.497. The summed E-state index contributed by atoms with van der Waals surface area (Å²) in [6.07, 6.45) is 17.0. The molecule has 2 spiro atoms. The third-order valence-corrected chi connectivity index (χ3v) is 11.1. The van der Waals surface area contributed by atoms with E-state index in [1.165, 1.54) is 25.7 Å². The summed E-state index contributed by atoms with van der Waals surface area (Å²) in [6.45, 7) is 14.4. The Bertz CT molecular complexity index is 772. The molecule has 3 saturated carbocycles. The Morgan fingerprint density at radius 3 is 2.35 bits per heavy atom. The van der Waals surface area contributed by atoms with Crippen molar-refractivity contribution in [2.45, 2.75) is 104 Å². The SMILES string of the molecule is CC(C)[C@H](C)/C=C/[C@H](C)[C@@H]1CC[C@H]2[C@@]1(C)CC[C@H]1[C@]23C=C[C@]2(C[C@@H](O)CC[C@@]12C)OO3. The fourth-order valence-electron chi connectivity index (χ4n) is 8.71. The molecule has 6 rings (SSSR count). The monoisotopic (exact) mass is 428 g/mol. The zero-order valence-corrected chi connectivity index (χ0v) is 20.6. The van der Waals surface area contributed by atoms with Crippen LogP contribution in [0.3, 0.4) is 0 Å². The maximum absolute atomic E-state index is 10.4. The molecule has 0 radical (unpaired) electrons. The average Bonchev–Trinajstić information content (AvgIpc) is 3.09. The van der Waals surface area contributed by atoms with Crippen LogP contribution in [0, 0.1) is 46.3 Å². The summed E-state index contributed by atoms with van der Waals surface area (Å²) in [5.41, 5.74) is -0.366. The maximum Gasteiger partial charge on any atom is 0.130 e. The molecule has 6 aliphatic rings. The van der Waals surface area contributed by atoms with Gasteiger partial charge in [0.1, 0.15) is 11.2 Å². The number of rotatable bonds is 4. The van der Waals surface area contributed by atoms with Gasteiger partial charge in [-0.3, -0.25) is 0 Å². The smallest absolute Gasteiger partial charge is 0.130 e. The highest BCUT2D eigenvalue weighted by Gasteiger charge is 2.74. The van der Waals surface area contributed by atoms with Crippen molar-refractivity contribution in [1.82, 2.24) is 0 Å². The molecule has 2 bridgehead atoms. The quantitative estimate of drug-likeness (QED) is 0.412. The summed E-state index contributed by atoms with van der Waals surface area (Å²) < 4.78 is 0. The third-order valence-electron chi connectivity index (χ3n) is 11.1. The molecule has 1 N–H and O–H groups in total. The predicted octanol–water partition coefficient (Wildman–Crippen LogP) is 6.47. The van der Waals surface area contributed by atoms with Crippen LogP contribution in [0.5, 0.6) is 0 Å². The van der Waals surface area contributed by atoms with Gasteiger partial charge in [-0.25, -0.2) is 9.78 Å². The van der Waals surface area contributed by atoms with Gasteiger partial charge in [-0.2, -0.15) is 0 Å². The lowest BCUT2D eigenvalue weighted by Crippen LogP contribution is -2.73. The Morgan fingerprint density at radius 2 is 1.68 bits per heavy atom. The van der Waals surface area contributed by atoms with E-state index >= 15 is 0 Å². The number of hydrogen-bond acceptors (Lipinski definition) is 3. The van der Waals surface area contributed by atoms with Crippen molar-refractivity contribution < 1.29 is 14.9 Å². The molecule has 31 heavy (non-hydrogen) atoms. The van der Waals surface area contributed by atoms with E-state index in [1.807, 2.05) is 0 Å². The lowest BCUT2D eigenvalue weighted by Gasteiger charge is -2.69. The lowest BCUT2D eigenvalue weighted by atomic mass is 9.43. The number of hydrogen-bond donors (Lipinski definition) is 1. The van der Waals surface area contributed by atoms with Gasteiger partial charge in [0.15, 0.2) is 0 Å². The largest absolute Gasteiger partial charge is 0.393 e. The van der Waals surface area contributed by atoms with Crippen LogP contribution in [-0.2, 0) is 9.78 Å². The highest BCUT2D eigenvalue weighted by molar-refractivity contribution is 5.33. The van der Waals surface area contributed by atoms with E-state index in [-0.39, 0.29) is 22.5 Å². The highest BCUT2D eigenvalue weighted by atomic mass is 17.2. The van der Waals surface area contributed by atoms with Gasteiger partial charge in [0.2, 0.25) is 0 Å². The van der Waals surface area contributed by atoms with Crippen molar-refractivity contribution in [3.63, 3.8) is 0 Å². The van der Waals surface area contributed by atoms with E-state index in [0.717, 1.165) is 12.8 Å². The normalized spacial score (nSPS) is 52.8. The molecular formula is C28H44O3. The van der Waals surface area contributed by atoms with Crippen LogP contribution in [0.1, 0.15) is 86.5 Å². The van der Waals surface area contributed by atoms with E-state index in [4.69, 9.17) is 9.78 Å². The molecule has 0 amide bonds. The third kappa shape index (κ3) is 2.88. The molecule has 4 aliphatic carbocycles. The van der Waals surface area contributed by atoms with E-state index in [0.29, 0.717) is 41.9 Å². The maximum atomic E-state index is 10.4. The summed E-state index contributed by atoms with van der Waals surface area (Å²) in [7, 11) is 0. The molecule has 1 saturated heterocycles. The van der Waals surface area contributed by atoms with Gasteiger partial charge < -0.3 is 5.11 Å². The minimum Gasteiger partial charge on any atom is -0.393 e. The van der Waals surface area contributed by atoms with Gasteiger partial charge in [-0.05, 0) is 73.7 Å². The second-order valence-corrected chi connectivity index (χ2v) is 12.7. The van der Waals surface area contributed by atoms with Crippen LogP contribution in [0.2, 0.25) is 0 Å². The Labute approximate surface area is 189 Å². The van der Waals surface area contributed by atoms with E-state index in [9.17, 15) is 5.11 Å². The van der Waals surface area contributed by atoms with Gasteiger partial charge in [0, 0.05) is 23.7 Å². The standard InChI is InChI=1S/C28H44O3/c1-18(2)19(3)7-8-20(4)22-9-10-23-25(22,5)13-12-24-26(6)14-11-21(29)17-27(26)15-16-28(23,24)31-30-27/h7-8,15-16,18-24,29H,9-14,17H2,1-6H3/b8-7+/t19-,20+,21+,22+,23+,24-,25+,26+,27-,28+/m1/s1. The number of aliphatic hydroxyl groups is 1. The second-order valence-electron chi connectivity index (χ2n) is 12.7. The Kier molecular flexibility index (Phi) is 5.13. The molecule has 0 unspecified atom stereocenters. The molecule has 3 nitrogen and oxygen atoms in total. The molecule has 4 fully saturated rings. The zero-order valence-electron chi connectivity index (χ0n) is 20.6. The van der Waals surface area contributed by atoms with E-state index in [2.05, 4.69) is 65.8 Å². The first-order valence-electron chi connectivity index (χ1n) is 13.0. The van der Waals surface area contributed by atoms with Crippen LogP contribution in [0.15, 0.2) is 24.3 Å². The van der Waals surface area contributed by atoms with Crippen molar-refractivity contribution in [3.05, 3.63) is 24.3 Å². The molecule has 10 atom stereocenters. The van der Waals surface area contributed by atoms with Crippen molar-refractivity contribution in [2.75, 3.05) is 0 Å². The topological polar surface area (TPSA) is 38.7 Å². The zero-order chi connectivity index (χ0) is 22.2. The summed E-state index contributed by atoms with van der Waals surface area (Å²) in [5.74, 6) is 3.64. The van der Waals surface area contributed by atoms with Crippen LogP contribution in [0.25, 0.3) is 0 Å². The summed E-state index contributed by atoms with van der Waals surface area (Å²) in [4.78, 5) is 12.8. The molecule has 2 heterocycles. The first-order chi connectivity index (χ1) is 14.6. The highest BCUT2D eigenvalue weighted by Crippen LogP contribution is 2.72. The first kappa shape index (κ1) is 22.2. The minimum absolute atomic E-state index is 0.0663. The molecular weight excluding hydrogens is 384 g/mol. The van der Waals surface area contributed by atoms with E-state index < -0.39 is 5.60 Å². The van der Waals surface area contributed by atoms with Gasteiger partial charge in [-0.15, -0.1) is 0 Å². The van der Waals surface area contributed by atoms with Crippen LogP contribution in [-0.4, -0.2) is 22.4 Å². The summed E-state index contributed by atoms with van der Waals surface area (Å²) in [5, 5.41) is 10.4. The average molecular weight is 429 g/mol. The number of aliphatic hydroxyl groups excluding tert-OH is 1. The van der Waals surface area contributed by atoms with E-state index in [1.54, 1.807) is 0 Å². The Balaban J connectivity index is 1.45. The van der Waals surface area contributed by atoms with Crippen LogP contribution < -0.4 is 0 Å². The van der Waals surface area contributed by atoms with Crippen molar-refractivity contribution >= 4 is 0 Å². The minimum atomic E-state index is -0.439. The first-order valence-corrected chi connectivity index (χ1v) is 13.0. The molecule has 0 aromatic carbocycles. The van der Waals surface area contributed by atoms with Gasteiger partial charge in [0.25, 0.3) is 0 Å². The van der Waals surface area contributed by atoms with Crippen molar-refractivity contribution in [1.29, 1.82) is 0 Å².